The summed E-state index contributed by atoms with van der Waals surface area (Å²) < 4.78 is 57.9. The van der Waals surface area contributed by atoms with E-state index < -0.39 is 26.0 Å². The molecule has 35 heavy (non-hydrogen) atoms. The molecule has 0 aliphatic rings. The third kappa shape index (κ3) is 6.05. The number of sulfonamides is 2. The van der Waals surface area contributed by atoms with Crippen LogP contribution in [0, 0.1) is 0 Å². The summed E-state index contributed by atoms with van der Waals surface area (Å²) in [6.45, 7) is 6.69. The molecule has 3 aromatic rings. The highest BCUT2D eigenvalue weighted by Crippen LogP contribution is 2.22. The van der Waals surface area contributed by atoms with Gasteiger partial charge in [-0.3, -0.25) is 4.79 Å². The lowest BCUT2D eigenvalue weighted by Gasteiger charge is -2.20. The predicted molar refractivity (Wildman–Crippen MR) is 134 cm³/mol. The summed E-state index contributed by atoms with van der Waals surface area (Å²) in [5.41, 5.74) is 0.905. The molecule has 0 radical (unpaired) electrons. The maximum Gasteiger partial charge on any atom is 0.279 e. The first-order chi connectivity index (χ1) is 16.4. The van der Waals surface area contributed by atoms with E-state index in [1.165, 1.54) is 47.8 Å². The molecule has 190 valence electrons. The molecule has 3 rings (SSSR count). The summed E-state index contributed by atoms with van der Waals surface area (Å²) in [6.07, 6.45) is 0. The number of primary sulfonamides is 1. The molecule has 2 N–H and O–H groups in total. The number of benzene rings is 2. The number of thiazole rings is 1. The highest BCUT2D eigenvalue weighted by atomic mass is 32.2. The fraction of sp³-hybridized carbons (Fsp3) is 0.364. The second kappa shape index (κ2) is 10.7. The van der Waals surface area contributed by atoms with Crippen LogP contribution in [-0.2, 0) is 31.3 Å². The van der Waals surface area contributed by atoms with Crippen molar-refractivity contribution < 1.29 is 26.4 Å². The molecule has 13 heteroatoms. The van der Waals surface area contributed by atoms with Crippen molar-refractivity contribution in [3.8, 4) is 0 Å². The standard InChI is InChI=1S/C22H28N4O6S3/c1-5-32-13-12-26-19-11-10-18(34(23,28)29)14-20(19)33-22(26)24-21(27)16-6-8-17(9-7-16)35(30,31)25(4)15(2)3/h6-11,14-15H,5,12-13H2,1-4H3,(H2,23,28,29). The van der Waals surface area contributed by atoms with Gasteiger partial charge in [0.25, 0.3) is 5.91 Å². The van der Waals surface area contributed by atoms with Gasteiger partial charge in [0.15, 0.2) is 4.80 Å². The average Bonchev–Trinajstić information content (AvgIpc) is 3.14. The van der Waals surface area contributed by atoms with Crippen LogP contribution in [0.3, 0.4) is 0 Å². The van der Waals surface area contributed by atoms with Gasteiger partial charge in [0, 0.05) is 31.8 Å². The second-order valence-corrected chi connectivity index (χ2v) is 12.5. The number of nitrogens with zero attached hydrogens (tertiary/aromatic N) is 3. The third-order valence-corrected chi connectivity index (χ3v) is 9.35. The van der Waals surface area contributed by atoms with Gasteiger partial charge in [0.05, 0.1) is 26.6 Å². The van der Waals surface area contributed by atoms with Gasteiger partial charge in [-0.05, 0) is 63.2 Å². The SMILES string of the molecule is CCOCCn1c(=NC(=O)c2ccc(S(=O)(=O)N(C)C(C)C)cc2)sc2cc(S(N)(=O)=O)ccc21. The Morgan fingerprint density at radius 1 is 1.11 bits per heavy atom. The van der Waals surface area contributed by atoms with E-state index in [-0.39, 0.29) is 21.4 Å². The molecule has 0 fully saturated rings. The quantitative estimate of drug-likeness (QED) is 0.412. The number of fused-ring (bicyclic) bond motifs is 1. The van der Waals surface area contributed by atoms with Gasteiger partial charge in [0.1, 0.15) is 0 Å². The number of hydrogen-bond donors (Lipinski definition) is 1. The minimum atomic E-state index is -3.89. The monoisotopic (exact) mass is 540 g/mol. The molecule has 1 heterocycles. The van der Waals surface area contributed by atoms with E-state index in [2.05, 4.69) is 4.99 Å². The van der Waals surface area contributed by atoms with Crippen LogP contribution in [0.1, 0.15) is 31.1 Å². The lowest BCUT2D eigenvalue weighted by Crippen LogP contribution is -2.33. The minimum Gasteiger partial charge on any atom is -0.380 e. The molecule has 10 nitrogen and oxygen atoms in total. The van der Waals surface area contributed by atoms with Gasteiger partial charge in [-0.15, -0.1) is 0 Å². The van der Waals surface area contributed by atoms with E-state index in [0.717, 1.165) is 11.3 Å². The Labute approximate surface area is 208 Å². The Hall–Kier alpha value is -2.42. The van der Waals surface area contributed by atoms with Crippen molar-refractivity contribution in [3.63, 3.8) is 0 Å². The molecule has 1 aromatic heterocycles. The average molecular weight is 541 g/mol. The number of amides is 1. The molecular formula is C22H28N4O6S3. The van der Waals surface area contributed by atoms with Crippen molar-refractivity contribution in [3.05, 3.63) is 52.8 Å². The molecule has 0 unspecified atom stereocenters. The van der Waals surface area contributed by atoms with Gasteiger partial charge < -0.3 is 9.30 Å². The Kier molecular flexibility index (Phi) is 8.29. The molecule has 0 atom stereocenters. The predicted octanol–water partition coefficient (Wildman–Crippen LogP) is 2.16. The van der Waals surface area contributed by atoms with Crippen molar-refractivity contribution >= 4 is 47.5 Å². The molecule has 0 aliphatic heterocycles. The molecular weight excluding hydrogens is 512 g/mol. The number of carbonyl (C=O) groups excluding carboxylic acids is 1. The number of aromatic nitrogens is 1. The largest absolute Gasteiger partial charge is 0.380 e. The lowest BCUT2D eigenvalue weighted by molar-refractivity contribution is 0.0996. The van der Waals surface area contributed by atoms with Crippen LogP contribution in [0.25, 0.3) is 10.2 Å². The third-order valence-electron chi connectivity index (χ3n) is 5.35. The maximum absolute atomic E-state index is 12.9. The van der Waals surface area contributed by atoms with Crippen molar-refractivity contribution in [1.82, 2.24) is 8.87 Å². The first-order valence-corrected chi connectivity index (χ1v) is 14.6. The summed E-state index contributed by atoms with van der Waals surface area (Å²) in [5.74, 6) is -0.561. The van der Waals surface area contributed by atoms with E-state index in [4.69, 9.17) is 9.88 Å². The lowest BCUT2D eigenvalue weighted by atomic mass is 10.2. The molecule has 0 aliphatic carbocycles. The summed E-state index contributed by atoms with van der Waals surface area (Å²) >= 11 is 1.15. The molecule has 2 aromatic carbocycles. The Morgan fingerprint density at radius 2 is 1.74 bits per heavy atom. The van der Waals surface area contributed by atoms with Crippen molar-refractivity contribution in [1.29, 1.82) is 0 Å². The molecule has 1 amide bonds. The second-order valence-electron chi connectivity index (χ2n) is 7.96. The fourth-order valence-corrected chi connectivity index (χ4v) is 6.27. The first-order valence-electron chi connectivity index (χ1n) is 10.8. The smallest absolute Gasteiger partial charge is 0.279 e. The van der Waals surface area contributed by atoms with Gasteiger partial charge in [-0.25, -0.2) is 22.0 Å². The summed E-state index contributed by atoms with van der Waals surface area (Å²) in [7, 11) is -6.07. The van der Waals surface area contributed by atoms with Crippen molar-refractivity contribution in [2.75, 3.05) is 20.3 Å². The van der Waals surface area contributed by atoms with Crippen LogP contribution in [0.5, 0.6) is 0 Å². The number of ether oxygens (including phenoxy) is 1. The van der Waals surface area contributed by atoms with Crippen LogP contribution in [0.2, 0.25) is 0 Å². The highest BCUT2D eigenvalue weighted by Gasteiger charge is 2.23. The Bertz CT molecular complexity index is 1500. The van der Waals surface area contributed by atoms with Gasteiger partial charge >= 0.3 is 0 Å². The maximum atomic E-state index is 12.9. The van der Waals surface area contributed by atoms with Crippen molar-refractivity contribution in [2.24, 2.45) is 10.1 Å². The topological polar surface area (TPSA) is 141 Å². The normalized spacial score (nSPS) is 13.3. The number of nitrogens with two attached hydrogens (primary N) is 1. The Morgan fingerprint density at radius 3 is 2.31 bits per heavy atom. The van der Waals surface area contributed by atoms with Crippen LogP contribution >= 0.6 is 11.3 Å². The zero-order valence-corrected chi connectivity index (χ0v) is 22.3. The van der Waals surface area contributed by atoms with E-state index in [9.17, 15) is 21.6 Å². The van der Waals surface area contributed by atoms with E-state index in [0.29, 0.717) is 34.8 Å². The molecule has 0 saturated heterocycles. The van der Waals surface area contributed by atoms with Crippen LogP contribution in [-0.4, -0.2) is 57.9 Å². The van der Waals surface area contributed by atoms with E-state index in [1.807, 2.05) is 6.92 Å². The van der Waals surface area contributed by atoms with Gasteiger partial charge in [-0.1, -0.05) is 11.3 Å². The minimum absolute atomic E-state index is 0.0377. The number of rotatable bonds is 9. The first kappa shape index (κ1) is 27.2. The number of hydrogen-bond acceptors (Lipinski definition) is 7. The molecule has 0 bridgehead atoms. The van der Waals surface area contributed by atoms with Crippen LogP contribution < -0.4 is 9.94 Å². The summed E-state index contributed by atoms with van der Waals surface area (Å²) in [5, 5.41) is 5.25. The van der Waals surface area contributed by atoms with Crippen LogP contribution in [0.15, 0.2) is 57.2 Å². The van der Waals surface area contributed by atoms with Gasteiger partial charge in [-0.2, -0.15) is 9.30 Å². The highest BCUT2D eigenvalue weighted by molar-refractivity contribution is 7.89. The summed E-state index contributed by atoms with van der Waals surface area (Å²) in [4.78, 5) is 17.6. The van der Waals surface area contributed by atoms with E-state index >= 15 is 0 Å². The molecule has 0 spiro atoms. The van der Waals surface area contributed by atoms with Gasteiger partial charge in [0.2, 0.25) is 20.0 Å². The van der Waals surface area contributed by atoms with Crippen LogP contribution in [0.4, 0.5) is 0 Å². The van der Waals surface area contributed by atoms with Crippen molar-refractivity contribution in [2.45, 2.75) is 43.1 Å². The zero-order valence-electron chi connectivity index (χ0n) is 19.8. The Balaban J connectivity index is 2.03. The van der Waals surface area contributed by atoms with E-state index in [1.54, 1.807) is 24.5 Å². The molecule has 0 saturated carbocycles. The zero-order chi connectivity index (χ0) is 26.0. The summed E-state index contributed by atoms with van der Waals surface area (Å²) in [6, 6.07) is 9.85. The number of carbonyl (C=O) groups is 1. The fourth-order valence-electron chi connectivity index (χ4n) is 3.20.